The van der Waals surface area contributed by atoms with Crippen LogP contribution in [0.5, 0.6) is 0 Å². The molecule has 2 aromatic carbocycles. The predicted octanol–water partition coefficient (Wildman–Crippen LogP) is 3.85. The van der Waals surface area contributed by atoms with Crippen molar-refractivity contribution in [2.75, 3.05) is 22.7 Å². The lowest BCUT2D eigenvalue weighted by Crippen LogP contribution is -2.17. The van der Waals surface area contributed by atoms with Crippen molar-refractivity contribution in [1.29, 1.82) is 0 Å². The van der Waals surface area contributed by atoms with Gasteiger partial charge in [-0.3, -0.25) is 4.72 Å². The third-order valence-corrected chi connectivity index (χ3v) is 5.64. The molecule has 3 rings (SSSR count). The summed E-state index contributed by atoms with van der Waals surface area (Å²) in [6.45, 7) is 2.15. The molecule has 1 saturated heterocycles. The van der Waals surface area contributed by atoms with Gasteiger partial charge in [0.25, 0.3) is 10.0 Å². The Morgan fingerprint density at radius 3 is 2.09 bits per heavy atom. The van der Waals surface area contributed by atoms with Gasteiger partial charge < -0.3 is 4.90 Å². The van der Waals surface area contributed by atoms with Crippen molar-refractivity contribution in [3.63, 3.8) is 0 Å². The maximum absolute atomic E-state index is 12.3. The van der Waals surface area contributed by atoms with Gasteiger partial charge in [-0.05, 0) is 61.4 Å². The van der Waals surface area contributed by atoms with E-state index in [1.54, 1.807) is 24.3 Å². The summed E-state index contributed by atoms with van der Waals surface area (Å²) in [5.74, 6) is 0. The van der Waals surface area contributed by atoms with Crippen LogP contribution in [0.4, 0.5) is 11.4 Å². The standard InChI is InChI=1S/C16H17BrN2O2S/c17-13-3-9-16(10-4-13)22(20,21)18-14-5-7-15(8-6-14)19-11-1-2-12-19/h3-10,18H,1-2,11-12H2. The zero-order valence-corrected chi connectivity index (χ0v) is 14.4. The third kappa shape index (κ3) is 3.44. The van der Waals surface area contributed by atoms with E-state index in [-0.39, 0.29) is 4.90 Å². The second-order valence-electron chi connectivity index (χ2n) is 5.30. The molecule has 0 bridgehead atoms. The molecule has 0 atom stereocenters. The molecule has 1 aliphatic rings. The molecule has 0 spiro atoms. The summed E-state index contributed by atoms with van der Waals surface area (Å²) in [5.41, 5.74) is 1.72. The fraction of sp³-hybridized carbons (Fsp3) is 0.250. The molecule has 0 aliphatic carbocycles. The van der Waals surface area contributed by atoms with Gasteiger partial charge >= 0.3 is 0 Å². The van der Waals surface area contributed by atoms with E-state index in [2.05, 4.69) is 25.6 Å². The second kappa shape index (κ2) is 6.30. The van der Waals surface area contributed by atoms with Crippen molar-refractivity contribution in [2.45, 2.75) is 17.7 Å². The van der Waals surface area contributed by atoms with E-state index < -0.39 is 10.0 Å². The highest BCUT2D eigenvalue weighted by molar-refractivity contribution is 9.10. The van der Waals surface area contributed by atoms with Gasteiger partial charge in [0.05, 0.1) is 4.90 Å². The third-order valence-electron chi connectivity index (χ3n) is 3.71. The van der Waals surface area contributed by atoms with Crippen molar-refractivity contribution >= 4 is 37.3 Å². The van der Waals surface area contributed by atoms with Gasteiger partial charge in [0, 0.05) is 28.9 Å². The average molecular weight is 381 g/mol. The minimum Gasteiger partial charge on any atom is -0.372 e. The minimum atomic E-state index is -3.55. The fourth-order valence-corrected chi connectivity index (χ4v) is 3.87. The SMILES string of the molecule is O=S(=O)(Nc1ccc(N2CCCC2)cc1)c1ccc(Br)cc1. The summed E-state index contributed by atoms with van der Waals surface area (Å²) >= 11 is 3.30. The average Bonchev–Trinajstić information content (AvgIpc) is 3.02. The molecular formula is C16H17BrN2O2S. The topological polar surface area (TPSA) is 49.4 Å². The van der Waals surface area contributed by atoms with Gasteiger partial charge in [0.2, 0.25) is 0 Å². The first kappa shape index (κ1) is 15.4. The van der Waals surface area contributed by atoms with Gasteiger partial charge in [0.15, 0.2) is 0 Å². The summed E-state index contributed by atoms with van der Waals surface area (Å²) in [6.07, 6.45) is 2.44. The molecule has 1 fully saturated rings. The van der Waals surface area contributed by atoms with E-state index in [1.807, 2.05) is 24.3 Å². The normalized spacial score (nSPS) is 15.0. The van der Waals surface area contributed by atoms with E-state index in [0.29, 0.717) is 5.69 Å². The second-order valence-corrected chi connectivity index (χ2v) is 7.90. The zero-order valence-electron chi connectivity index (χ0n) is 12.0. The number of rotatable bonds is 4. The van der Waals surface area contributed by atoms with Crippen LogP contribution in [0.3, 0.4) is 0 Å². The lowest BCUT2D eigenvalue weighted by atomic mass is 10.2. The quantitative estimate of drug-likeness (QED) is 0.875. The maximum atomic E-state index is 12.3. The number of hydrogen-bond acceptors (Lipinski definition) is 3. The number of nitrogens with zero attached hydrogens (tertiary/aromatic N) is 1. The van der Waals surface area contributed by atoms with E-state index in [4.69, 9.17) is 0 Å². The highest BCUT2D eigenvalue weighted by Crippen LogP contribution is 2.24. The van der Waals surface area contributed by atoms with Crippen molar-refractivity contribution in [3.05, 3.63) is 53.0 Å². The molecule has 0 radical (unpaired) electrons. The zero-order chi connectivity index (χ0) is 15.6. The van der Waals surface area contributed by atoms with Crippen LogP contribution in [0.1, 0.15) is 12.8 Å². The van der Waals surface area contributed by atoms with Crippen molar-refractivity contribution in [3.8, 4) is 0 Å². The summed E-state index contributed by atoms with van der Waals surface area (Å²) < 4.78 is 28.1. The van der Waals surface area contributed by atoms with Crippen LogP contribution >= 0.6 is 15.9 Å². The number of hydrogen-bond donors (Lipinski definition) is 1. The Morgan fingerprint density at radius 2 is 1.50 bits per heavy atom. The Hall–Kier alpha value is -1.53. The van der Waals surface area contributed by atoms with Crippen LogP contribution in [-0.2, 0) is 10.0 Å². The summed E-state index contributed by atoms with van der Waals surface area (Å²) in [4.78, 5) is 2.56. The Bertz CT molecular complexity index is 737. The van der Waals surface area contributed by atoms with Crippen LogP contribution in [0.2, 0.25) is 0 Å². The molecule has 1 aliphatic heterocycles. The molecule has 0 unspecified atom stereocenters. The van der Waals surface area contributed by atoms with Crippen molar-refractivity contribution in [2.24, 2.45) is 0 Å². The first-order valence-corrected chi connectivity index (χ1v) is 9.46. The first-order chi connectivity index (χ1) is 10.5. The Labute approximate surface area is 139 Å². The van der Waals surface area contributed by atoms with E-state index in [0.717, 1.165) is 23.2 Å². The lowest BCUT2D eigenvalue weighted by molar-refractivity contribution is 0.601. The number of sulfonamides is 1. The van der Waals surface area contributed by atoms with E-state index in [9.17, 15) is 8.42 Å². The number of anilines is 2. The molecule has 0 amide bonds. The molecule has 1 N–H and O–H groups in total. The van der Waals surface area contributed by atoms with Crippen molar-refractivity contribution in [1.82, 2.24) is 0 Å². The van der Waals surface area contributed by atoms with Crippen LogP contribution < -0.4 is 9.62 Å². The maximum Gasteiger partial charge on any atom is 0.261 e. The monoisotopic (exact) mass is 380 g/mol. The number of benzene rings is 2. The fourth-order valence-electron chi connectivity index (χ4n) is 2.54. The number of halogens is 1. The molecule has 116 valence electrons. The predicted molar refractivity (Wildman–Crippen MR) is 92.8 cm³/mol. The van der Waals surface area contributed by atoms with Gasteiger partial charge in [-0.25, -0.2) is 8.42 Å². The van der Waals surface area contributed by atoms with Crippen LogP contribution in [0.15, 0.2) is 57.9 Å². The molecule has 0 aromatic heterocycles. The summed E-state index contributed by atoms with van der Waals surface area (Å²) in [5, 5.41) is 0. The molecule has 2 aromatic rings. The van der Waals surface area contributed by atoms with Gasteiger partial charge in [-0.15, -0.1) is 0 Å². The van der Waals surface area contributed by atoms with E-state index >= 15 is 0 Å². The largest absolute Gasteiger partial charge is 0.372 e. The first-order valence-electron chi connectivity index (χ1n) is 7.18. The Kier molecular flexibility index (Phi) is 4.40. The van der Waals surface area contributed by atoms with Crippen LogP contribution in [0.25, 0.3) is 0 Å². The highest BCUT2D eigenvalue weighted by atomic mass is 79.9. The van der Waals surface area contributed by atoms with E-state index in [1.165, 1.54) is 12.8 Å². The van der Waals surface area contributed by atoms with Crippen molar-refractivity contribution < 1.29 is 8.42 Å². The van der Waals surface area contributed by atoms with Gasteiger partial charge in [-0.2, -0.15) is 0 Å². The lowest BCUT2D eigenvalue weighted by Gasteiger charge is -2.18. The minimum absolute atomic E-state index is 0.249. The molecule has 4 nitrogen and oxygen atoms in total. The Morgan fingerprint density at radius 1 is 0.909 bits per heavy atom. The highest BCUT2D eigenvalue weighted by Gasteiger charge is 2.15. The molecule has 22 heavy (non-hydrogen) atoms. The number of nitrogens with one attached hydrogen (secondary N) is 1. The smallest absolute Gasteiger partial charge is 0.261 e. The van der Waals surface area contributed by atoms with Crippen LogP contribution in [0, 0.1) is 0 Å². The molecule has 0 saturated carbocycles. The molecular weight excluding hydrogens is 364 g/mol. The molecule has 6 heteroatoms. The van der Waals surface area contributed by atoms with Crippen LogP contribution in [-0.4, -0.2) is 21.5 Å². The molecule has 1 heterocycles. The summed E-state index contributed by atoms with van der Waals surface area (Å²) in [6, 6.07) is 14.1. The summed E-state index contributed by atoms with van der Waals surface area (Å²) in [7, 11) is -3.55. The van der Waals surface area contributed by atoms with Gasteiger partial charge in [0.1, 0.15) is 0 Å². The Balaban J connectivity index is 1.75. The van der Waals surface area contributed by atoms with Gasteiger partial charge in [-0.1, -0.05) is 15.9 Å².